The highest BCUT2D eigenvalue weighted by molar-refractivity contribution is 7.92. The van der Waals surface area contributed by atoms with Crippen LogP contribution < -0.4 is 9.46 Å². The van der Waals surface area contributed by atoms with E-state index < -0.39 is 22.6 Å². The fourth-order valence-electron chi connectivity index (χ4n) is 2.85. The molecule has 9 nitrogen and oxygen atoms in total. The average Bonchev–Trinajstić information content (AvgIpc) is 2.79. The largest absolute Gasteiger partial charge is 0.465 e. The molecule has 0 atom stereocenters. The lowest BCUT2D eigenvalue weighted by Gasteiger charge is -2.14. The molecular formula is C22H20N2O7S. The van der Waals surface area contributed by atoms with Crippen molar-refractivity contribution in [1.29, 1.82) is 0 Å². The molecule has 0 saturated heterocycles. The van der Waals surface area contributed by atoms with Crippen molar-refractivity contribution in [3.8, 4) is 11.5 Å². The minimum Gasteiger partial charge on any atom is -0.465 e. The zero-order valence-corrected chi connectivity index (χ0v) is 18.0. The van der Waals surface area contributed by atoms with Gasteiger partial charge < -0.3 is 14.6 Å². The first kappa shape index (κ1) is 22.9. The van der Waals surface area contributed by atoms with Crippen LogP contribution in [0.1, 0.15) is 21.5 Å². The summed E-state index contributed by atoms with van der Waals surface area (Å²) in [4.78, 5) is 23.1. The van der Waals surface area contributed by atoms with Crippen molar-refractivity contribution in [3.05, 3.63) is 82.3 Å². The summed E-state index contributed by atoms with van der Waals surface area (Å²) in [5, 5.41) is 12.2. The Morgan fingerprint density at radius 1 is 1.03 bits per heavy atom. The molecule has 0 aromatic heterocycles. The molecule has 0 aliphatic carbocycles. The number of hydrogen-bond donors (Lipinski definition) is 2. The molecule has 3 aromatic carbocycles. The van der Waals surface area contributed by atoms with E-state index in [-0.39, 0.29) is 38.9 Å². The minimum absolute atomic E-state index is 0.0151. The summed E-state index contributed by atoms with van der Waals surface area (Å²) < 4.78 is 38.3. The lowest BCUT2D eigenvalue weighted by atomic mass is 10.1. The Morgan fingerprint density at radius 3 is 2.31 bits per heavy atom. The van der Waals surface area contributed by atoms with Crippen LogP contribution in [0.5, 0.6) is 11.5 Å². The molecule has 0 bridgehead atoms. The molecule has 0 fully saturated rings. The van der Waals surface area contributed by atoms with Crippen LogP contribution in [0, 0.1) is 11.8 Å². The van der Waals surface area contributed by atoms with Crippen LogP contribution in [-0.2, 0) is 21.4 Å². The van der Waals surface area contributed by atoms with E-state index in [4.69, 9.17) is 9.47 Å². The van der Waals surface area contributed by atoms with E-state index in [1.165, 1.54) is 55.6 Å². The SMILES string of the molecule is COC(=O)c1cc(Oc2ccc(N=O)c(CO)c2)ccc1NS(=O)(=O)c1ccc(C)cc1. The predicted octanol–water partition coefficient (Wildman–Crippen LogP) is 4.26. The van der Waals surface area contributed by atoms with Gasteiger partial charge in [-0.25, -0.2) is 13.2 Å². The topological polar surface area (TPSA) is 131 Å². The second-order valence-electron chi connectivity index (χ2n) is 6.76. The molecule has 0 unspecified atom stereocenters. The summed E-state index contributed by atoms with van der Waals surface area (Å²) in [5.74, 6) is -0.279. The van der Waals surface area contributed by atoms with Crippen LogP contribution >= 0.6 is 0 Å². The molecule has 0 heterocycles. The monoisotopic (exact) mass is 456 g/mol. The average molecular weight is 456 g/mol. The van der Waals surface area contributed by atoms with Crippen molar-refractivity contribution in [1.82, 2.24) is 0 Å². The van der Waals surface area contributed by atoms with E-state index in [0.717, 1.165) is 5.56 Å². The Labute approximate surface area is 184 Å². The van der Waals surface area contributed by atoms with Gasteiger partial charge in [0.05, 0.1) is 29.9 Å². The summed E-state index contributed by atoms with van der Waals surface area (Å²) >= 11 is 0. The second kappa shape index (κ2) is 9.58. The highest BCUT2D eigenvalue weighted by Gasteiger charge is 2.20. The van der Waals surface area contributed by atoms with E-state index in [1.807, 2.05) is 6.92 Å². The molecule has 0 aliphatic rings. The molecule has 0 amide bonds. The molecule has 3 aromatic rings. The van der Waals surface area contributed by atoms with Gasteiger partial charge in [0.15, 0.2) is 0 Å². The number of carbonyl (C=O) groups excluding carboxylic acids is 1. The van der Waals surface area contributed by atoms with Crippen LogP contribution in [0.2, 0.25) is 0 Å². The first-order valence-corrected chi connectivity index (χ1v) is 10.8. The summed E-state index contributed by atoms with van der Waals surface area (Å²) in [6.07, 6.45) is 0. The maximum absolute atomic E-state index is 12.7. The number of anilines is 1. The number of benzene rings is 3. The van der Waals surface area contributed by atoms with Crippen LogP contribution in [0.25, 0.3) is 0 Å². The van der Waals surface area contributed by atoms with Crippen molar-refractivity contribution < 1.29 is 27.8 Å². The maximum Gasteiger partial charge on any atom is 0.340 e. The zero-order chi connectivity index (χ0) is 23.3. The number of rotatable bonds is 8. The van der Waals surface area contributed by atoms with Gasteiger partial charge in [-0.15, -0.1) is 4.91 Å². The van der Waals surface area contributed by atoms with Gasteiger partial charge >= 0.3 is 5.97 Å². The zero-order valence-electron chi connectivity index (χ0n) is 17.2. The number of ether oxygens (including phenoxy) is 2. The number of carbonyl (C=O) groups is 1. The second-order valence-corrected chi connectivity index (χ2v) is 8.44. The summed E-state index contributed by atoms with van der Waals surface area (Å²) in [6.45, 7) is 1.43. The maximum atomic E-state index is 12.7. The fourth-order valence-corrected chi connectivity index (χ4v) is 3.93. The summed E-state index contributed by atoms with van der Waals surface area (Å²) in [7, 11) is -2.78. The molecule has 2 N–H and O–H groups in total. The van der Waals surface area contributed by atoms with Gasteiger partial charge in [-0.2, -0.15) is 0 Å². The fraction of sp³-hybridized carbons (Fsp3) is 0.136. The van der Waals surface area contributed by atoms with Gasteiger partial charge in [0.25, 0.3) is 10.0 Å². The third-order valence-electron chi connectivity index (χ3n) is 4.53. The molecule has 32 heavy (non-hydrogen) atoms. The van der Waals surface area contributed by atoms with Gasteiger partial charge in [0.1, 0.15) is 17.2 Å². The van der Waals surface area contributed by atoms with E-state index in [9.17, 15) is 23.2 Å². The highest BCUT2D eigenvalue weighted by atomic mass is 32.2. The Balaban J connectivity index is 1.93. The number of aliphatic hydroxyl groups is 1. The van der Waals surface area contributed by atoms with Gasteiger partial charge in [-0.1, -0.05) is 17.7 Å². The first-order chi connectivity index (χ1) is 15.3. The first-order valence-electron chi connectivity index (χ1n) is 9.34. The number of nitrogens with zero attached hydrogens (tertiary/aromatic N) is 1. The number of sulfonamides is 1. The van der Waals surface area contributed by atoms with E-state index in [2.05, 4.69) is 9.90 Å². The van der Waals surface area contributed by atoms with Crippen molar-refractivity contribution >= 4 is 27.4 Å². The van der Waals surface area contributed by atoms with E-state index in [1.54, 1.807) is 12.1 Å². The van der Waals surface area contributed by atoms with Gasteiger partial charge in [0.2, 0.25) is 0 Å². The number of aryl methyl sites for hydroxylation is 1. The number of esters is 1. The minimum atomic E-state index is -3.95. The molecule has 166 valence electrons. The molecule has 0 aliphatic heterocycles. The molecular weight excluding hydrogens is 436 g/mol. The number of hydrogen-bond acceptors (Lipinski definition) is 8. The van der Waals surface area contributed by atoms with Gasteiger partial charge in [0, 0.05) is 5.56 Å². The third-order valence-corrected chi connectivity index (χ3v) is 5.91. The summed E-state index contributed by atoms with van der Waals surface area (Å²) in [5.41, 5.74) is 1.21. The van der Waals surface area contributed by atoms with Crippen molar-refractivity contribution in [2.45, 2.75) is 18.4 Å². The molecule has 0 saturated carbocycles. The quantitative estimate of drug-likeness (QED) is 0.382. The van der Waals surface area contributed by atoms with Crippen molar-refractivity contribution in [2.75, 3.05) is 11.8 Å². The van der Waals surface area contributed by atoms with Crippen LogP contribution in [0.3, 0.4) is 0 Å². The van der Waals surface area contributed by atoms with Crippen LogP contribution in [0.15, 0.2) is 70.7 Å². The molecule has 0 radical (unpaired) electrons. The normalized spacial score (nSPS) is 11.0. The smallest absolute Gasteiger partial charge is 0.340 e. The van der Waals surface area contributed by atoms with Crippen molar-refractivity contribution in [2.24, 2.45) is 5.18 Å². The lowest BCUT2D eigenvalue weighted by molar-refractivity contribution is 0.0601. The molecule has 10 heteroatoms. The number of nitroso groups, excluding NO2 is 1. The Morgan fingerprint density at radius 2 is 1.69 bits per heavy atom. The van der Waals surface area contributed by atoms with Crippen LogP contribution in [-0.4, -0.2) is 26.6 Å². The molecule has 3 rings (SSSR count). The van der Waals surface area contributed by atoms with E-state index in [0.29, 0.717) is 0 Å². The highest BCUT2D eigenvalue weighted by Crippen LogP contribution is 2.31. The number of nitrogens with one attached hydrogen (secondary N) is 1. The standard InChI is InChI=1S/C22H20N2O7S/c1-14-3-7-18(8-4-14)32(28,29)24-21-10-6-17(12-19(21)22(26)30-2)31-16-5-9-20(23-27)15(11-16)13-25/h3-12,24-25H,13H2,1-2H3. The predicted molar refractivity (Wildman–Crippen MR) is 118 cm³/mol. The van der Waals surface area contributed by atoms with Gasteiger partial charge in [-0.3, -0.25) is 4.72 Å². The van der Waals surface area contributed by atoms with Gasteiger partial charge in [-0.05, 0) is 60.6 Å². The lowest BCUT2D eigenvalue weighted by Crippen LogP contribution is -2.16. The molecule has 0 spiro atoms. The van der Waals surface area contributed by atoms with Crippen LogP contribution in [0.4, 0.5) is 11.4 Å². The van der Waals surface area contributed by atoms with E-state index >= 15 is 0 Å². The van der Waals surface area contributed by atoms with Crippen molar-refractivity contribution in [3.63, 3.8) is 0 Å². The number of methoxy groups -OCH3 is 1. The number of aliphatic hydroxyl groups excluding tert-OH is 1. The Kier molecular flexibility index (Phi) is 6.86. The Hall–Kier alpha value is -3.76. The summed E-state index contributed by atoms with van der Waals surface area (Å²) in [6, 6.07) is 14.7. The third kappa shape index (κ3) is 5.10. The Bertz CT molecular complexity index is 1260.